The molecular weight excluding hydrogens is 192 g/mol. The van der Waals surface area contributed by atoms with Crippen LogP contribution in [0.1, 0.15) is 30.7 Å². The van der Waals surface area contributed by atoms with Gasteiger partial charge in [-0.05, 0) is 30.2 Å². The van der Waals surface area contributed by atoms with Gasteiger partial charge in [-0.15, -0.1) is 0 Å². The Hall–Kier alpha value is -1.30. The minimum atomic E-state index is 0.600. The van der Waals surface area contributed by atoms with Gasteiger partial charge in [-0.2, -0.15) is 0 Å². The van der Waals surface area contributed by atoms with Crippen LogP contribution in [0.25, 0.3) is 0 Å². The van der Waals surface area contributed by atoms with E-state index in [-0.39, 0.29) is 0 Å². The molecule has 0 unspecified atom stereocenters. The third kappa shape index (κ3) is 1.84. The molecule has 3 rings (SSSR count). The Morgan fingerprint density at radius 2 is 1.62 bits per heavy atom. The molecule has 0 N–H and O–H groups in total. The fraction of sp³-hybridized carbons (Fsp3) is 0.375. The van der Waals surface area contributed by atoms with Crippen molar-refractivity contribution in [1.29, 1.82) is 0 Å². The van der Waals surface area contributed by atoms with Crippen LogP contribution in [0.5, 0.6) is 0 Å². The van der Waals surface area contributed by atoms with Crippen molar-refractivity contribution in [2.45, 2.75) is 25.2 Å². The van der Waals surface area contributed by atoms with Crippen molar-refractivity contribution >= 4 is 0 Å². The van der Waals surface area contributed by atoms with E-state index in [4.69, 9.17) is 0 Å². The van der Waals surface area contributed by atoms with Gasteiger partial charge in [0.1, 0.15) is 0 Å². The van der Waals surface area contributed by atoms with Crippen LogP contribution in [0.4, 0.5) is 0 Å². The molecule has 2 aliphatic carbocycles. The molecule has 0 heteroatoms. The van der Waals surface area contributed by atoms with Crippen molar-refractivity contribution in [1.82, 2.24) is 0 Å². The van der Waals surface area contributed by atoms with Crippen molar-refractivity contribution < 1.29 is 0 Å². The zero-order chi connectivity index (χ0) is 10.8. The van der Waals surface area contributed by atoms with Crippen LogP contribution in [0.3, 0.4) is 0 Å². The molecule has 0 radical (unpaired) electrons. The van der Waals surface area contributed by atoms with Crippen molar-refractivity contribution in [3.8, 4) is 0 Å². The summed E-state index contributed by atoms with van der Waals surface area (Å²) in [6.07, 6.45) is 13.8. The van der Waals surface area contributed by atoms with E-state index in [0.29, 0.717) is 17.8 Å². The zero-order valence-electron chi connectivity index (χ0n) is 9.55. The van der Waals surface area contributed by atoms with Gasteiger partial charge in [-0.3, -0.25) is 0 Å². The van der Waals surface area contributed by atoms with Crippen molar-refractivity contribution in [2.75, 3.05) is 0 Å². The second-order valence-corrected chi connectivity index (χ2v) is 4.96. The first-order valence-electron chi connectivity index (χ1n) is 6.35. The summed E-state index contributed by atoms with van der Waals surface area (Å²) >= 11 is 0. The van der Waals surface area contributed by atoms with E-state index < -0.39 is 0 Å². The summed E-state index contributed by atoms with van der Waals surface area (Å²) in [5.74, 6) is 2.01. The van der Waals surface area contributed by atoms with Gasteiger partial charge in [-0.1, -0.05) is 61.1 Å². The zero-order valence-corrected chi connectivity index (χ0v) is 9.55. The van der Waals surface area contributed by atoms with Crippen LogP contribution in [0.2, 0.25) is 0 Å². The van der Waals surface area contributed by atoms with Crippen molar-refractivity contribution in [3.63, 3.8) is 0 Å². The number of allylic oxidation sites excluding steroid dienone is 4. The molecule has 1 aromatic carbocycles. The van der Waals surface area contributed by atoms with Crippen LogP contribution < -0.4 is 0 Å². The van der Waals surface area contributed by atoms with E-state index in [1.54, 1.807) is 0 Å². The molecule has 0 aromatic heterocycles. The van der Waals surface area contributed by atoms with Crippen LogP contribution in [-0.2, 0) is 0 Å². The molecular formula is C16H18. The number of benzene rings is 1. The minimum absolute atomic E-state index is 0.600. The molecule has 0 spiro atoms. The number of fused-ring (bicyclic) bond motifs is 2. The van der Waals surface area contributed by atoms with E-state index in [0.717, 1.165) is 0 Å². The SMILES string of the molecule is C1=C[C@H]2CCC[C@@H]1C=C[C@H]2c1ccccc1. The molecule has 2 aliphatic rings. The maximum atomic E-state index is 2.45. The molecule has 0 aliphatic heterocycles. The average Bonchev–Trinajstić information content (AvgIpc) is 2.64. The quantitative estimate of drug-likeness (QED) is 0.606. The number of hydrogen-bond acceptors (Lipinski definition) is 0. The Balaban J connectivity index is 1.96. The highest BCUT2D eigenvalue weighted by Crippen LogP contribution is 2.37. The van der Waals surface area contributed by atoms with E-state index in [9.17, 15) is 0 Å². The van der Waals surface area contributed by atoms with Gasteiger partial charge in [0.05, 0.1) is 0 Å². The summed E-state index contributed by atoms with van der Waals surface area (Å²) in [6, 6.07) is 10.9. The van der Waals surface area contributed by atoms with Crippen LogP contribution in [0.15, 0.2) is 54.6 Å². The van der Waals surface area contributed by atoms with E-state index in [1.165, 1.54) is 24.8 Å². The standard InChI is InChI=1S/C16H18/c1-2-6-14(7-3-1)16-12-10-13-5-4-8-15(16)11-9-13/h1-3,6-7,9-13,15-16H,4-5,8H2/t13-,15+,16-/m0/s1. The highest BCUT2D eigenvalue weighted by atomic mass is 14.3. The lowest BCUT2D eigenvalue weighted by molar-refractivity contribution is 0.494. The summed E-state index contributed by atoms with van der Waals surface area (Å²) in [5.41, 5.74) is 1.47. The van der Waals surface area contributed by atoms with Crippen LogP contribution >= 0.6 is 0 Å². The van der Waals surface area contributed by atoms with E-state index >= 15 is 0 Å². The first kappa shape index (κ1) is 9.89. The number of rotatable bonds is 1. The Morgan fingerprint density at radius 3 is 2.50 bits per heavy atom. The highest BCUT2D eigenvalue weighted by molar-refractivity contribution is 5.29. The molecule has 0 saturated carbocycles. The van der Waals surface area contributed by atoms with Gasteiger partial charge in [0.2, 0.25) is 0 Å². The van der Waals surface area contributed by atoms with Crippen LogP contribution in [0, 0.1) is 11.8 Å². The normalized spacial score (nSPS) is 32.4. The Morgan fingerprint density at radius 1 is 0.812 bits per heavy atom. The van der Waals surface area contributed by atoms with Gasteiger partial charge >= 0.3 is 0 Å². The molecule has 0 heterocycles. The monoisotopic (exact) mass is 210 g/mol. The predicted molar refractivity (Wildman–Crippen MR) is 68.3 cm³/mol. The summed E-state index contributed by atoms with van der Waals surface area (Å²) in [6.45, 7) is 0. The molecule has 82 valence electrons. The fourth-order valence-corrected chi connectivity index (χ4v) is 2.97. The second kappa shape index (κ2) is 4.29. The van der Waals surface area contributed by atoms with Gasteiger partial charge in [0, 0.05) is 5.92 Å². The molecule has 0 nitrogen and oxygen atoms in total. The van der Waals surface area contributed by atoms with E-state index in [2.05, 4.69) is 54.6 Å². The van der Waals surface area contributed by atoms with Gasteiger partial charge in [0.15, 0.2) is 0 Å². The summed E-state index contributed by atoms with van der Waals surface area (Å²) in [7, 11) is 0. The molecule has 1 aromatic rings. The van der Waals surface area contributed by atoms with Gasteiger partial charge in [0.25, 0.3) is 0 Å². The third-order valence-electron chi connectivity index (χ3n) is 3.89. The first-order chi connectivity index (χ1) is 7.93. The Kier molecular flexibility index (Phi) is 2.65. The third-order valence-corrected chi connectivity index (χ3v) is 3.89. The molecule has 0 saturated heterocycles. The van der Waals surface area contributed by atoms with Gasteiger partial charge < -0.3 is 0 Å². The lowest BCUT2D eigenvalue weighted by Gasteiger charge is -2.22. The first-order valence-corrected chi connectivity index (χ1v) is 6.35. The van der Waals surface area contributed by atoms with E-state index in [1.807, 2.05) is 0 Å². The Bertz CT molecular complexity index is 399. The van der Waals surface area contributed by atoms with Crippen LogP contribution in [-0.4, -0.2) is 0 Å². The maximum absolute atomic E-state index is 2.45. The van der Waals surface area contributed by atoms with Gasteiger partial charge in [-0.25, -0.2) is 0 Å². The van der Waals surface area contributed by atoms with Crippen molar-refractivity contribution in [3.05, 3.63) is 60.2 Å². The molecule has 2 bridgehead atoms. The lowest BCUT2D eigenvalue weighted by Crippen LogP contribution is -2.09. The minimum Gasteiger partial charge on any atom is -0.0839 e. The lowest BCUT2D eigenvalue weighted by atomic mass is 9.82. The molecule has 0 fully saturated rings. The molecule has 16 heavy (non-hydrogen) atoms. The Labute approximate surface area is 97.7 Å². The number of hydrogen-bond donors (Lipinski definition) is 0. The topological polar surface area (TPSA) is 0 Å². The maximum Gasteiger partial charge on any atom is 0.00810 e. The molecule has 3 atom stereocenters. The highest BCUT2D eigenvalue weighted by Gasteiger charge is 2.23. The van der Waals surface area contributed by atoms with Crippen molar-refractivity contribution in [2.24, 2.45) is 11.8 Å². The summed E-state index contributed by atoms with van der Waals surface area (Å²) in [5, 5.41) is 0. The largest absolute Gasteiger partial charge is 0.0839 e. The fourth-order valence-electron chi connectivity index (χ4n) is 2.97. The molecule has 0 amide bonds. The summed E-state index contributed by atoms with van der Waals surface area (Å²) in [4.78, 5) is 0. The smallest absolute Gasteiger partial charge is 0.00810 e. The second-order valence-electron chi connectivity index (χ2n) is 4.96. The predicted octanol–water partition coefficient (Wildman–Crippen LogP) is 4.31. The summed E-state index contributed by atoms with van der Waals surface area (Å²) < 4.78 is 0. The average molecular weight is 210 g/mol.